The third-order valence-electron chi connectivity index (χ3n) is 4.49. The number of quaternary nitrogens is 1. The van der Waals surface area contributed by atoms with Gasteiger partial charge in [-0.3, -0.25) is 4.79 Å². The molecule has 3 N–H and O–H groups in total. The summed E-state index contributed by atoms with van der Waals surface area (Å²) in [5.74, 6) is 0.0699. The van der Waals surface area contributed by atoms with Gasteiger partial charge in [-0.2, -0.15) is 0 Å². The molecule has 6 nitrogen and oxygen atoms in total. The number of hydrogen-bond donors (Lipinski definition) is 1. The Kier molecular flexibility index (Phi) is 5.20. The first-order valence-corrected chi connectivity index (χ1v) is 9.31. The second kappa shape index (κ2) is 7.39. The molecule has 3 aromatic rings. The van der Waals surface area contributed by atoms with E-state index >= 15 is 0 Å². The molecule has 0 bridgehead atoms. The summed E-state index contributed by atoms with van der Waals surface area (Å²) in [5, 5.41) is 3.12. The van der Waals surface area contributed by atoms with Crippen molar-refractivity contribution in [1.29, 1.82) is 0 Å². The third-order valence-corrected chi connectivity index (χ3v) is 5.27. The standard InChI is InChI=1S/C19H20N2O4S/c1-4-10(2)17(20)19(23)25-12-5-6-13-16(7-12)24-8-14(18(13)22)15-9-26-11(3)21-15/h5-10,17H,4,20H2,1-3H3/p+1/t10-,17-/m1/s1. The van der Waals surface area contributed by atoms with Crippen molar-refractivity contribution in [3.8, 4) is 17.0 Å². The highest BCUT2D eigenvalue weighted by molar-refractivity contribution is 7.09. The van der Waals surface area contributed by atoms with E-state index in [4.69, 9.17) is 9.15 Å². The highest BCUT2D eigenvalue weighted by Gasteiger charge is 2.25. The minimum Gasteiger partial charge on any atom is -0.463 e. The summed E-state index contributed by atoms with van der Waals surface area (Å²) in [6.07, 6.45) is 2.24. The summed E-state index contributed by atoms with van der Waals surface area (Å²) in [6.45, 7) is 5.84. The first-order chi connectivity index (χ1) is 12.4. The number of aromatic nitrogens is 1. The molecule has 0 saturated carbocycles. The Morgan fingerprint density at radius 1 is 1.42 bits per heavy atom. The van der Waals surface area contributed by atoms with Crippen LogP contribution >= 0.6 is 11.3 Å². The Labute approximate surface area is 154 Å². The number of thiazole rings is 1. The third kappa shape index (κ3) is 3.54. The molecule has 2 atom stereocenters. The van der Waals surface area contributed by atoms with Crippen LogP contribution in [0.15, 0.2) is 39.1 Å². The molecule has 0 saturated heterocycles. The van der Waals surface area contributed by atoms with E-state index < -0.39 is 12.0 Å². The monoisotopic (exact) mass is 373 g/mol. The molecule has 136 valence electrons. The van der Waals surface area contributed by atoms with Crippen LogP contribution in [-0.4, -0.2) is 17.0 Å². The van der Waals surface area contributed by atoms with E-state index in [1.54, 1.807) is 18.2 Å². The van der Waals surface area contributed by atoms with Crippen molar-refractivity contribution in [2.24, 2.45) is 5.92 Å². The minimum atomic E-state index is -0.446. The second-order valence-corrected chi connectivity index (χ2v) is 7.36. The van der Waals surface area contributed by atoms with Gasteiger partial charge in [0.15, 0.2) is 6.04 Å². The van der Waals surface area contributed by atoms with Gasteiger partial charge < -0.3 is 14.9 Å². The Hall–Kier alpha value is -2.51. The van der Waals surface area contributed by atoms with Crippen molar-refractivity contribution in [3.05, 3.63) is 45.1 Å². The topological polar surface area (TPSA) is 97.0 Å². The number of esters is 1. The lowest BCUT2D eigenvalue weighted by atomic mass is 10.0. The molecule has 3 rings (SSSR count). The molecule has 2 aromatic heterocycles. The van der Waals surface area contributed by atoms with Gasteiger partial charge in [-0.25, -0.2) is 9.78 Å². The molecule has 26 heavy (non-hydrogen) atoms. The van der Waals surface area contributed by atoms with Crippen LogP contribution < -0.4 is 15.9 Å². The van der Waals surface area contributed by atoms with Gasteiger partial charge in [-0.15, -0.1) is 11.3 Å². The molecular formula is C19H21N2O4S+. The smallest absolute Gasteiger partial charge is 0.370 e. The molecule has 0 aliphatic heterocycles. The van der Waals surface area contributed by atoms with Crippen molar-refractivity contribution < 1.29 is 19.7 Å². The van der Waals surface area contributed by atoms with E-state index in [0.717, 1.165) is 11.4 Å². The van der Waals surface area contributed by atoms with Gasteiger partial charge in [0.2, 0.25) is 5.43 Å². The van der Waals surface area contributed by atoms with Crippen LogP contribution in [0.4, 0.5) is 0 Å². The molecule has 0 radical (unpaired) electrons. The number of aryl methyl sites for hydroxylation is 1. The van der Waals surface area contributed by atoms with Crippen LogP contribution in [0.1, 0.15) is 25.3 Å². The van der Waals surface area contributed by atoms with Crippen LogP contribution in [0.5, 0.6) is 5.75 Å². The maximum Gasteiger partial charge on any atom is 0.370 e. The lowest BCUT2D eigenvalue weighted by Gasteiger charge is -2.13. The SMILES string of the molecule is CC[C@@H](C)[C@@H]([NH3+])C(=O)Oc1ccc2c(=O)c(-c3csc(C)n3)coc2c1. The van der Waals surface area contributed by atoms with Crippen molar-refractivity contribution >= 4 is 28.3 Å². The molecule has 2 heterocycles. The Morgan fingerprint density at radius 3 is 2.85 bits per heavy atom. The van der Waals surface area contributed by atoms with E-state index in [1.165, 1.54) is 17.6 Å². The largest absolute Gasteiger partial charge is 0.463 e. The average molecular weight is 373 g/mol. The van der Waals surface area contributed by atoms with Crippen LogP contribution in [-0.2, 0) is 4.79 Å². The van der Waals surface area contributed by atoms with E-state index in [1.807, 2.05) is 26.2 Å². The summed E-state index contributed by atoms with van der Waals surface area (Å²) >= 11 is 1.47. The highest BCUT2D eigenvalue weighted by Crippen LogP contribution is 2.24. The molecule has 0 fully saturated rings. The lowest BCUT2D eigenvalue weighted by Crippen LogP contribution is -2.68. The van der Waals surface area contributed by atoms with Gasteiger partial charge in [0.1, 0.15) is 17.6 Å². The van der Waals surface area contributed by atoms with Gasteiger partial charge in [-0.05, 0) is 25.5 Å². The van der Waals surface area contributed by atoms with Crippen molar-refractivity contribution in [2.45, 2.75) is 33.2 Å². The summed E-state index contributed by atoms with van der Waals surface area (Å²) in [4.78, 5) is 29.2. The van der Waals surface area contributed by atoms with E-state index in [-0.39, 0.29) is 11.3 Å². The van der Waals surface area contributed by atoms with Crippen LogP contribution in [0.3, 0.4) is 0 Å². The van der Waals surface area contributed by atoms with E-state index in [0.29, 0.717) is 28.0 Å². The molecule has 0 aliphatic rings. The average Bonchev–Trinajstić information content (AvgIpc) is 3.06. The Morgan fingerprint density at radius 2 is 2.19 bits per heavy atom. The van der Waals surface area contributed by atoms with Gasteiger partial charge in [0.25, 0.3) is 0 Å². The first-order valence-electron chi connectivity index (χ1n) is 8.43. The fraction of sp³-hybridized carbons (Fsp3) is 0.316. The second-order valence-electron chi connectivity index (χ2n) is 6.30. The van der Waals surface area contributed by atoms with Crippen LogP contribution in [0.2, 0.25) is 0 Å². The molecule has 7 heteroatoms. The summed E-state index contributed by atoms with van der Waals surface area (Å²) in [5.41, 5.74) is 5.09. The predicted octanol–water partition coefficient (Wildman–Crippen LogP) is 2.79. The summed E-state index contributed by atoms with van der Waals surface area (Å²) in [6, 6.07) is 4.30. The zero-order chi connectivity index (χ0) is 18.8. The number of carbonyl (C=O) groups is 1. The quantitative estimate of drug-likeness (QED) is 0.548. The zero-order valence-corrected chi connectivity index (χ0v) is 15.8. The maximum atomic E-state index is 12.7. The zero-order valence-electron chi connectivity index (χ0n) is 14.9. The number of ether oxygens (including phenoxy) is 1. The molecule has 0 spiro atoms. The molecule has 0 aliphatic carbocycles. The predicted molar refractivity (Wildman–Crippen MR) is 100 cm³/mol. The molecule has 0 unspecified atom stereocenters. The number of rotatable bonds is 5. The molecule has 0 amide bonds. The fourth-order valence-corrected chi connectivity index (χ4v) is 3.16. The van der Waals surface area contributed by atoms with E-state index in [9.17, 15) is 9.59 Å². The number of nitrogens with zero attached hydrogens (tertiary/aromatic N) is 1. The van der Waals surface area contributed by atoms with Crippen molar-refractivity contribution in [1.82, 2.24) is 4.98 Å². The van der Waals surface area contributed by atoms with Crippen molar-refractivity contribution in [3.63, 3.8) is 0 Å². The Bertz CT molecular complexity index is 1010. The van der Waals surface area contributed by atoms with Gasteiger partial charge in [-0.1, -0.05) is 13.8 Å². The highest BCUT2D eigenvalue weighted by atomic mass is 32.1. The summed E-state index contributed by atoms with van der Waals surface area (Å²) in [7, 11) is 0. The van der Waals surface area contributed by atoms with E-state index in [2.05, 4.69) is 10.7 Å². The lowest BCUT2D eigenvalue weighted by molar-refractivity contribution is -0.418. The van der Waals surface area contributed by atoms with Gasteiger partial charge in [0.05, 0.1) is 21.7 Å². The molecular weight excluding hydrogens is 352 g/mol. The first kappa shape index (κ1) is 18.3. The normalized spacial score (nSPS) is 13.5. The molecule has 1 aromatic carbocycles. The number of hydrogen-bond acceptors (Lipinski definition) is 6. The number of fused-ring (bicyclic) bond motifs is 1. The number of carbonyl (C=O) groups excluding carboxylic acids is 1. The van der Waals surface area contributed by atoms with Gasteiger partial charge in [0, 0.05) is 17.4 Å². The number of benzene rings is 1. The summed E-state index contributed by atoms with van der Waals surface area (Å²) < 4.78 is 11.0. The maximum absolute atomic E-state index is 12.7. The van der Waals surface area contributed by atoms with Crippen LogP contribution in [0, 0.1) is 12.8 Å². The van der Waals surface area contributed by atoms with Crippen molar-refractivity contribution in [2.75, 3.05) is 0 Å². The van der Waals surface area contributed by atoms with Gasteiger partial charge >= 0.3 is 5.97 Å². The fourth-order valence-electron chi connectivity index (χ4n) is 2.54. The van der Waals surface area contributed by atoms with Crippen LogP contribution in [0.25, 0.3) is 22.2 Å². The minimum absolute atomic E-state index is 0.130. The Balaban J connectivity index is 1.91.